The Kier molecular flexibility index (Phi) is 8.58. The molecule has 0 radical (unpaired) electrons. The number of hydrogen-bond donors (Lipinski definition) is 4. The Morgan fingerprint density at radius 2 is 1.61 bits per heavy atom. The first-order valence-corrected chi connectivity index (χ1v) is 13.7. The molecule has 5 rings (SSSR count). The Bertz CT molecular complexity index is 1590. The number of aromatic carboxylic acids is 1. The average Bonchev–Trinajstić information content (AvgIpc) is 3.93. The summed E-state index contributed by atoms with van der Waals surface area (Å²) >= 11 is 0. The van der Waals surface area contributed by atoms with Crippen molar-refractivity contribution in [2.24, 2.45) is 5.92 Å². The number of amides is 1. The van der Waals surface area contributed by atoms with Crippen molar-refractivity contribution in [3.8, 4) is 6.01 Å². The van der Waals surface area contributed by atoms with Crippen LogP contribution in [0.3, 0.4) is 0 Å². The summed E-state index contributed by atoms with van der Waals surface area (Å²) in [5.41, 5.74) is 0.866. The van der Waals surface area contributed by atoms with Gasteiger partial charge in [-0.05, 0) is 67.6 Å². The molecule has 2 aliphatic rings. The lowest BCUT2D eigenvalue weighted by atomic mass is 10.0. The molecule has 3 aromatic rings. The lowest BCUT2D eigenvalue weighted by molar-refractivity contribution is -0.413. The number of Topliss-reactive ketones (excluding diaryl/α,β-unsaturated/α-hetero) is 1. The van der Waals surface area contributed by atoms with Crippen molar-refractivity contribution in [1.82, 2.24) is 15.0 Å². The molecule has 0 atom stereocenters. The van der Waals surface area contributed by atoms with Gasteiger partial charge in [0.25, 0.3) is 0 Å². The number of ketones is 1. The minimum absolute atomic E-state index is 0.0403. The van der Waals surface area contributed by atoms with Crippen LogP contribution < -0.4 is 15.4 Å². The fraction of sp³-hybridized carbons (Fsp3) is 0.345. The van der Waals surface area contributed by atoms with Crippen LogP contribution in [0.2, 0.25) is 0 Å². The molecule has 2 aromatic carbocycles. The molecule has 15 heteroatoms. The van der Waals surface area contributed by atoms with E-state index < -0.39 is 42.7 Å². The van der Waals surface area contributed by atoms with E-state index in [1.54, 1.807) is 30.5 Å². The van der Waals surface area contributed by atoms with Crippen LogP contribution in [0, 0.1) is 5.92 Å². The number of halogens is 3. The van der Waals surface area contributed by atoms with E-state index in [9.17, 15) is 27.6 Å². The van der Waals surface area contributed by atoms with E-state index in [0.717, 1.165) is 18.4 Å². The minimum Gasteiger partial charge on any atom is -0.478 e. The van der Waals surface area contributed by atoms with E-state index in [0.29, 0.717) is 24.1 Å². The second kappa shape index (κ2) is 12.4. The molecule has 0 saturated heterocycles. The van der Waals surface area contributed by atoms with Crippen LogP contribution in [-0.2, 0) is 10.3 Å². The molecule has 1 heterocycles. The molecule has 1 amide bonds. The third kappa shape index (κ3) is 7.92. The van der Waals surface area contributed by atoms with E-state index in [1.807, 2.05) is 0 Å². The van der Waals surface area contributed by atoms with Gasteiger partial charge in [0.1, 0.15) is 6.61 Å². The zero-order chi connectivity index (χ0) is 31.5. The Morgan fingerprint density at radius 3 is 2.18 bits per heavy atom. The number of carbonyl (C=O) groups is 3. The van der Waals surface area contributed by atoms with Crippen molar-refractivity contribution < 1.29 is 47.1 Å². The normalized spacial score (nSPS) is 15.8. The van der Waals surface area contributed by atoms with Crippen LogP contribution in [0.25, 0.3) is 0 Å². The molecule has 44 heavy (non-hydrogen) atoms. The first-order chi connectivity index (χ1) is 20.9. The van der Waals surface area contributed by atoms with Gasteiger partial charge in [0.2, 0.25) is 24.2 Å². The van der Waals surface area contributed by atoms with Crippen LogP contribution in [0.1, 0.15) is 52.0 Å². The number of nitrogens with one attached hydrogen (secondary N) is 2. The van der Waals surface area contributed by atoms with Crippen LogP contribution in [0.4, 0.5) is 30.8 Å². The molecule has 230 valence electrons. The van der Waals surface area contributed by atoms with Gasteiger partial charge in [0.15, 0.2) is 12.8 Å². The van der Waals surface area contributed by atoms with Gasteiger partial charge in [0.05, 0.1) is 16.7 Å². The summed E-state index contributed by atoms with van der Waals surface area (Å²) in [5, 5.41) is 24.2. The number of aromatic nitrogens is 3. The summed E-state index contributed by atoms with van der Waals surface area (Å²) in [5.74, 6) is -1.95. The number of aliphatic hydroxyl groups excluding tert-OH is 1. The van der Waals surface area contributed by atoms with Crippen molar-refractivity contribution >= 4 is 41.5 Å². The van der Waals surface area contributed by atoms with Gasteiger partial charge in [-0.1, -0.05) is 12.1 Å². The quantitative estimate of drug-likeness (QED) is 0.164. The zero-order valence-corrected chi connectivity index (χ0v) is 23.2. The van der Waals surface area contributed by atoms with Crippen molar-refractivity contribution in [3.05, 3.63) is 65.2 Å². The van der Waals surface area contributed by atoms with Crippen LogP contribution in [0.15, 0.2) is 48.5 Å². The van der Waals surface area contributed by atoms with Crippen molar-refractivity contribution in [3.63, 3.8) is 0 Å². The highest BCUT2D eigenvalue weighted by atomic mass is 19.4. The molecule has 2 aliphatic carbocycles. The minimum atomic E-state index is -4.63. The molecule has 0 bridgehead atoms. The average molecular weight is 614 g/mol. The number of rotatable bonds is 13. The Hall–Kier alpha value is -4.92. The summed E-state index contributed by atoms with van der Waals surface area (Å²) in [6.45, 7) is -2.51. The maximum atomic E-state index is 13.1. The first kappa shape index (κ1) is 30.5. The largest absolute Gasteiger partial charge is 0.478 e. The number of aliphatic hydroxyl groups is 1. The Morgan fingerprint density at radius 1 is 0.977 bits per heavy atom. The van der Waals surface area contributed by atoms with E-state index >= 15 is 0 Å². The second-order valence-electron chi connectivity index (χ2n) is 10.6. The number of benzene rings is 2. The van der Waals surface area contributed by atoms with Gasteiger partial charge >= 0.3 is 24.1 Å². The van der Waals surface area contributed by atoms with Crippen molar-refractivity contribution in [2.75, 3.05) is 30.4 Å². The third-order valence-corrected chi connectivity index (χ3v) is 6.95. The number of carboxylic acid groups (broad SMARTS) is 1. The summed E-state index contributed by atoms with van der Waals surface area (Å²) in [6, 6.07) is 11.7. The van der Waals surface area contributed by atoms with Crippen molar-refractivity contribution in [2.45, 2.75) is 37.4 Å². The van der Waals surface area contributed by atoms with E-state index in [-0.39, 0.29) is 35.8 Å². The Balaban J connectivity index is 1.35. The van der Waals surface area contributed by atoms with Gasteiger partial charge in [-0.25, -0.2) is 9.59 Å². The summed E-state index contributed by atoms with van der Waals surface area (Å²) in [4.78, 5) is 48.3. The lowest BCUT2D eigenvalue weighted by Gasteiger charge is -2.19. The topological polar surface area (TPSA) is 167 Å². The number of carboxylic acids is 1. The molecular formula is C29H28F3N6O6+. The van der Waals surface area contributed by atoms with Gasteiger partial charge in [0, 0.05) is 11.6 Å². The standard InChI is InChI=1S/C29H27F3N6O6/c30-29(31,32)16-44-27-35-25(33-21-9-5-19(6-10-21)24(42)43)34-26(36-27)37-28(11-12-28)20-7-3-18(4-8-20)23(41)38(13-17-1-2-17)14-22(40)15-39/h3-10,13,17,39H,1-2,11-12,14-16H2,(H2-,33,34,35,36,37,42,43)/p+1. The summed E-state index contributed by atoms with van der Waals surface area (Å²) in [7, 11) is 0. The number of anilines is 3. The molecule has 2 saturated carbocycles. The molecule has 2 fully saturated rings. The summed E-state index contributed by atoms with van der Waals surface area (Å²) < 4.78 is 44.7. The number of nitrogens with zero attached hydrogens (tertiary/aromatic N) is 4. The molecule has 4 N–H and O–H groups in total. The molecule has 0 unspecified atom stereocenters. The van der Waals surface area contributed by atoms with E-state index in [1.165, 1.54) is 28.8 Å². The smallest absolute Gasteiger partial charge is 0.422 e. The molecule has 1 aromatic heterocycles. The number of hydrogen-bond acceptors (Lipinski definition) is 10. The monoisotopic (exact) mass is 613 g/mol. The molecule has 0 aliphatic heterocycles. The number of ether oxygens (including phenoxy) is 1. The fourth-order valence-corrected chi connectivity index (χ4v) is 4.36. The van der Waals surface area contributed by atoms with Gasteiger partial charge in [-0.15, -0.1) is 0 Å². The van der Waals surface area contributed by atoms with Gasteiger partial charge in [-0.2, -0.15) is 32.7 Å². The SMILES string of the molecule is O=C(CO)C[N+](=CC1CC1)C(=O)c1ccc(C2(Nc3nc(Nc4ccc(C(=O)O)cc4)nc(OCC(F)(F)F)n3)CC2)cc1. The maximum absolute atomic E-state index is 13.1. The molecule has 12 nitrogen and oxygen atoms in total. The van der Waals surface area contributed by atoms with Crippen LogP contribution in [-0.4, -0.2) is 79.5 Å². The lowest BCUT2D eigenvalue weighted by Crippen LogP contribution is -2.30. The fourth-order valence-electron chi connectivity index (χ4n) is 4.36. The summed E-state index contributed by atoms with van der Waals surface area (Å²) in [6.07, 6.45) is 0.221. The zero-order valence-electron chi connectivity index (χ0n) is 23.2. The highest BCUT2D eigenvalue weighted by Gasteiger charge is 2.45. The number of carbonyl (C=O) groups excluding carboxylic acids is 2. The molecular weight excluding hydrogens is 585 g/mol. The van der Waals surface area contributed by atoms with Crippen LogP contribution in [0.5, 0.6) is 6.01 Å². The Labute approximate surface area is 248 Å². The highest BCUT2D eigenvalue weighted by molar-refractivity contribution is 5.92. The van der Waals surface area contributed by atoms with Gasteiger partial charge in [-0.3, -0.25) is 4.79 Å². The predicted molar refractivity (Wildman–Crippen MR) is 149 cm³/mol. The predicted octanol–water partition coefficient (Wildman–Crippen LogP) is 3.55. The maximum Gasteiger partial charge on any atom is 0.422 e. The first-order valence-electron chi connectivity index (χ1n) is 13.7. The third-order valence-electron chi connectivity index (χ3n) is 6.95. The second-order valence-corrected chi connectivity index (χ2v) is 10.6. The van der Waals surface area contributed by atoms with Crippen LogP contribution >= 0.6 is 0 Å². The van der Waals surface area contributed by atoms with Crippen molar-refractivity contribution in [1.29, 1.82) is 0 Å². The highest BCUT2D eigenvalue weighted by Crippen LogP contribution is 2.48. The molecule has 0 spiro atoms. The number of alkyl halides is 3. The van der Waals surface area contributed by atoms with Gasteiger partial charge < -0.3 is 25.6 Å². The van der Waals surface area contributed by atoms with E-state index in [2.05, 4.69) is 25.6 Å². The van der Waals surface area contributed by atoms with E-state index in [4.69, 9.17) is 14.9 Å².